The molecule has 2 fully saturated rings. The first-order chi connectivity index (χ1) is 12.5. The van der Waals surface area contributed by atoms with Gasteiger partial charge in [-0.1, -0.05) is 37.3 Å². The Morgan fingerprint density at radius 3 is 2.35 bits per heavy atom. The normalized spacial score (nSPS) is 25.2. The molecule has 6 nitrogen and oxygen atoms in total. The standard InChI is InChI=1S/C20H29N3O3/c1-16-11-18(20(25)26)14-23(12-16)19(24)15-22-9-7-21(8-10-22)13-17-5-3-2-4-6-17/h2-6,16,18H,7-15H2,1H3,(H,25,26). The summed E-state index contributed by atoms with van der Waals surface area (Å²) in [6, 6.07) is 10.4. The Bertz CT molecular complexity index is 614. The van der Waals surface area contributed by atoms with Crippen molar-refractivity contribution in [3.63, 3.8) is 0 Å². The molecule has 2 unspecified atom stereocenters. The van der Waals surface area contributed by atoms with E-state index in [1.54, 1.807) is 4.90 Å². The Hall–Kier alpha value is -1.92. The second-order valence-electron chi connectivity index (χ2n) is 7.71. The lowest BCUT2D eigenvalue weighted by molar-refractivity contribution is -0.147. The summed E-state index contributed by atoms with van der Waals surface area (Å²) in [6.07, 6.45) is 0.664. The molecule has 2 aliphatic rings. The van der Waals surface area contributed by atoms with Crippen molar-refractivity contribution in [2.75, 3.05) is 45.8 Å². The quantitative estimate of drug-likeness (QED) is 0.860. The molecule has 1 N–H and O–H groups in total. The van der Waals surface area contributed by atoms with Gasteiger partial charge in [0.2, 0.25) is 5.91 Å². The van der Waals surface area contributed by atoms with E-state index in [1.165, 1.54) is 5.56 Å². The van der Waals surface area contributed by atoms with Crippen LogP contribution in [0.5, 0.6) is 0 Å². The number of hydrogen-bond acceptors (Lipinski definition) is 4. The van der Waals surface area contributed by atoms with Gasteiger partial charge in [0.15, 0.2) is 0 Å². The second-order valence-corrected chi connectivity index (χ2v) is 7.71. The number of likely N-dealkylation sites (tertiary alicyclic amines) is 1. The largest absolute Gasteiger partial charge is 0.481 e. The minimum absolute atomic E-state index is 0.0688. The molecule has 0 bridgehead atoms. The molecule has 0 aliphatic carbocycles. The van der Waals surface area contributed by atoms with Gasteiger partial charge in [0.25, 0.3) is 0 Å². The van der Waals surface area contributed by atoms with Crippen LogP contribution in [0.2, 0.25) is 0 Å². The van der Waals surface area contributed by atoms with Crippen LogP contribution in [0.1, 0.15) is 18.9 Å². The van der Waals surface area contributed by atoms with Gasteiger partial charge in [0, 0.05) is 45.8 Å². The third kappa shape index (κ3) is 5.05. The van der Waals surface area contributed by atoms with Gasteiger partial charge in [0.05, 0.1) is 12.5 Å². The summed E-state index contributed by atoms with van der Waals surface area (Å²) in [6.45, 7) is 8.08. The SMILES string of the molecule is CC1CC(C(=O)O)CN(C(=O)CN2CCN(Cc3ccccc3)CC2)C1. The van der Waals surface area contributed by atoms with Crippen molar-refractivity contribution in [2.45, 2.75) is 19.9 Å². The van der Waals surface area contributed by atoms with Gasteiger partial charge in [-0.05, 0) is 17.9 Å². The molecule has 2 aliphatic heterocycles. The number of carbonyl (C=O) groups excluding carboxylic acids is 1. The molecule has 2 heterocycles. The van der Waals surface area contributed by atoms with E-state index in [0.29, 0.717) is 26.1 Å². The number of hydrogen-bond donors (Lipinski definition) is 1. The van der Waals surface area contributed by atoms with Gasteiger partial charge in [-0.2, -0.15) is 0 Å². The van der Waals surface area contributed by atoms with Crippen molar-refractivity contribution in [3.8, 4) is 0 Å². The second kappa shape index (κ2) is 8.64. The van der Waals surface area contributed by atoms with E-state index in [2.05, 4.69) is 34.1 Å². The number of aliphatic carboxylic acids is 1. The summed E-state index contributed by atoms with van der Waals surface area (Å²) in [5.41, 5.74) is 1.32. The van der Waals surface area contributed by atoms with Gasteiger partial charge in [0.1, 0.15) is 0 Å². The minimum atomic E-state index is -0.788. The Labute approximate surface area is 155 Å². The van der Waals surface area contributed by atoms with Crippen LogP contribution in [-0.4, -0.2) is 77.5 Å². The lowest BCUT2D eigenvalue weighted by Gasteiger charge is -2.38. The minimum Gasteiger partial charge on any atom is -0.481 e. The average Bonchev–Trinajstić information content (AvgIpc) is 2.63. The molecule has 1 aromatic carbocycles. The van der Waals surface area contributed by atoms with Crippen molar-refractivity contribution >= 4 is 11.9 Å². The van der Waals surface area contributed by atoms with Crippen LogP contribution >= 0.6 is 0 Å². The van der Waals surface area contributed by atoms with E-state index in [0.717, 1.165) is 32.7 Å². The number of rotatable bonds is 5. The first-order valence-electron chi connectivity index (χ1n) is 9.50. The van der Waals surface area contributed by atoms with Crippen molar-refractivity contribution in [1.82, 2.24) is 14.7 Å². The predicted molar refractivity (Wildman–Crippen MR) is 99.6 cm³/mol. The summed E-state index contributed by atoms with van der Waals surface area (Å²) in [7, 11) is 0. The van der Waals surface area contributed by atoms with E-state index >= 15 is 0 Å². The summed E-state index contributed by atoms with van der Waals surface area (Å²) in [5, 5.41) is 9.27. The molecule has 26 heavy (non-hydrogen) atoms. The maximum atomic E-state index is 12.6. The molecule has 0 spiro atoms. The van der Waals surface area contributed by atoms with Crippen molar-refractivity contribution in [2.24, 2.45) is 11.8 Å². The maximum absolute atomic E-state index is 12.6. The third-order valence-corrected chi connectivity index (χ3v) is 5.43. The molecule has 6 heteroatoms. The van der Waals surface area contributed by atoms with Gasteiger partial charge >= 0.3 is 5.97 Å². The van der Waals surface area contributed by atoms with Gasteiger partial charge in [-0.25, -0.2) is 0 Å². The zero-order valence-electron chi connectivity index (χ0n) is 15.5. The van der Waals surface area contributed by atoms with Gasteiger partial charge < -0.3 is 10.0 Å². The third-order valence-electron chi connectivity index (χ3n) is 5.43. The van der Waals surface area contributed by atoms with Crippen LogP contribution < -0.4 is 0 Å². The summed E-state index contributed by atoms with van der Waals surface area (Å²) in [5.74, 6) is -0.898. The summed E-state index contributed by atoms with van der Waals surface area (Å²) < 4.78 is 0. The Morgan fingerprint density at radius 2 is 1.69 bits per heavy atom. The molecule has 3 rings (SSSR count). The number of benzene rings is 1. The molecule has 2 saturated heterocycles. The van der Waals surface area contributed by atoms with Crippen LogP contribution in [0.25, 0.3) is 0 Å². The lowest BCUT2D eigenvalue weighted by atomic mass is 9.90. The van der Waals surface area contributed by atoms with E-state index in [9.17, 15) is 14.7 Å². The molecule has 0 aromatic heterocycles. The Kier molecular flexibility index (Phi) is 6.27. The molecular weight excluding hydrogens is 330 g/mol. The van der Waals surface area contributed by atoms with Crippen LogP contribution in [0, 0.1) is 11.8 Å². The zero-order chi connectivity index (χ0) is 18.5. The number of carboxylic acids is 1. The van der Waals surface area contributed by atoms with E-state index in [-0.39, 0.29) is 11.8 Å². The lowest BCUT2D eigenvalue weighted by Crippen LogP contribution is -2.52. The molecule has 0 saturated carbocycles. The van der Waals surface area contributed by atoms with Crippen molar-refractivity contribution < 1.29 is 14.7 Å². The van der Waals surface area contributed by atoms with E-state index in [1.807, 2.05) is 13.0 Å². The molecule has 1 amide bonds. The van der Waals surface area contributed by atoms with Gasteiger partial charge in [-0.15, -0.1) is 0 Å². The summed E-state index contributed by atoms with van der Waals surface area (Å²) >= 11 is 0. The number of nitrogens with zero attached hydrogens (tertiary/aromatic N) is 3. The fraction of sp³-hybridized carbons (Fsp3) is 0.600. The Balaban J connectivity index is 1.45. The first kappa shape index (κ1) is 18.9. The topological polar surface area (TPSA) is 64.1 Å². The fourth-order valence-electron chi connectivity index (χ4n) is 3.97. The highest BCUT2D eigenvalue weighted by molar-refractivity contribution is 5.79. The number of piperazine rings is 1. The molecule has 2 atom stereocenters. The molecule has 142 valence electrons. The molecule has 0 radical (unpaired) electrons. The monoisotopic (exact) mass is 359 g/mol. The van der Waals surface area contributed by atoms with E-state index in [4.69, 9.17) is 0 Å². The Morgan fingerprint density at radius 1 is 1.04 bits per heavy atom. The predicted octanol–water partition coefficient (Wildman–Crippen LogP) is 1.37. The maximum Gasteiger partial charge on any atom is 0.308 e. The van der Waals surface area contributed by atoms with Crippen LogP contribution in [0.4, 0.5) is 0 Å². The number of piperidine rings is 1. The highest BCUT2D eigenvalue weighted by Crippen LogP contribution is 2.22. The molecule has 1 aromatic rings. The first-order valence-corrected chi connectivity index (χ1v) is 9.50. The number of amides is 1. The van der Waals surface area contributed by atoms with Crippen molar-refractivity contribution in [3.05, 3.63) is 35.9 Å². The van der Waals surface area contributed by atoms with E-state index < -0.39 is 11.9 Å². The highest BCUT2D eigenvalue weighted by atomic mass is 16.4. The average molecular weight is 359 g/mol. The van der Waals surface area contributed by atoms with Crippen molar-refractivity contribution in [1.29, 1.82) is 0 Å². The number of carbonyl (C=O) groups is 2. The zero-order valence-corrected chi connectivity index (χ0v) is 15.5. The van der Waals surface area contributed by atoms with Gasteiger partial charge in [-0.3, -0.25) is 19.4 Å². The highest BCUT2D eigenvalue weighted by Gasteiger charge is 2.32. The van der Waals surface area contributed by atoms with Crippen LogP contribution in [0.15, 0.2) is 30.3 Å². The van der Waals surface area contributed by atoms with Crippen LogP contribution in [0.3, 0.4) is 0 Å². The molecular formula is C20H29N3O3. The summed E-state index contributed by atoms with van der Waals surface area (Å²) in [4.78, 5) is 30.3. The number of carboxylic acid groups (broad SMARTS) is 1. The smallest absolute Gasteiger partial charge is 0.308 e. The fourth-order valence-corrected chi connectivity index (χ4v) is 3.97. The van der Waals surface area contributed by atoms with Crippen LogP contribution in [-0.2, 0) is 16.1 Å².